The Bertz CT molecular complexity index is 105. The first-order valence-electron chi connectivity index (χ1n) is 2.76. The molecule has 0 aromatic carbocycles. The fourth-order valence-electron chi connectivity index (χ4n) is 0.713. The zero-order valence-corrected chi connectivity index (χ0v) is 5.70. The zero-order valence-electron chi connectivity index (χ0n) is 4.89. The Kier molecular flexibility index (Phi) is 1.68. The summed E-state index contributed by atoms with van der Waals surface area (Å²) in [6.07, 6.45) is 0. The van der Waals surface area contributed by atoms with Crippen LogP contribution in [0.25, 0.3) is 0 Å². The molecule has 0 atom stereocenters. The molecule has 1 rings (SSSR count). The summed E-state index contributed by atoms with van der Waals surface area (Å²) in [7, 11) is 0. The largest absolute Gasteiger partial charge is 0.469 e. The van der Waals surface area contributed by atoms with Gasteiger partial charge in [0.25, 0.3) is 5.17 Å². The van der Waals surface area contributed by atoms with E-state index in [1.165, 1.54) is 0 Å². The van der Waals surface area contributed by atoms with Crippen molar-refractivity contribution in [3.8, 4) is 0 Å². The van der Waals surface area contributed by atoms with Crippen molar-refractivity contribution in [2.75, 3.05) is 19.7 Å². The van der Waals surface area contributed by atoms with E-state index in [1.54, 1.807) is 0 Å². The fraction of sp³-hybridized carbons (Fsp3) is 0.800. The number of rotatable bonds is 1. The Morgan fingerprint density at radius 3 is 2.88 bits per heavy atom. The van der Waals surface area contributed by atoms with Crippen LogP contribution >= 0.6 is 12.2 Å². The summed E-state index contributed by atoms with van der Waals surface area (Å²) in [5.41, 5.74) is 0. The second-order valence-corrected chi connectivity index (χ2v) is 2.04. The highest BCUT2D eigenvalue weighted by atomic mass is 32.1. The number of nitrogens with zero attached hydrogens (tertiary/aromatic N) is 1. The minimum Gasteiger partial charge on any atom is -0.469 e. The zero-order chi connectivity index (χ0) is 5.98. The van der Waals surface area contributed by atoms with Crippen LogP contribution in [0, 0.1) is 0 Å². The molecule has 0 aromatic heterocycles. The van der Waals surface area contributed by atoms with Crippen LogP contribution in [0.3, 0.4) is 0 Å². The van der Waals surface area contributed by atoms with Crippen LogP contribution in [0.15, 0.2) is 0 Å². The molecule has 0 spiro atoms. The van der Waals surface area contributed by atoms with Crippen LogP contribution in [0.2, 0.25) is 0 Å². The van der Waals surface area contributed by atoms with Gasteiger partial charge in [-0.25, -0.2) is 0 Å². The van der Waals surface area contributed by atoms with Crippen molar-refractivity contribution in [2.24, 2.45) is 0 Å². The van der Waals surface area contributed by atoms with E-state index in [-0.39, 0.29) is 0 Å². The van der Waals surface area contributed by atoms with Gasteiger partial charge in [0.1, 0.15) is 6.61 Å². The predicted octanol–water partition coefficient (Wildman–Crippen LogP) is 0.623. The summed E-state index contributed by atoms with van der Waals surface area (Å²) in [6, 6.07) is 0. The molecule has 0 saturated carbocycles. The summed E-state index contributed by atoms with van der Waals surface area (Å²) in [5.74, 6) is 0. The molecule has 3 heteroatoms. The maximum absolute atomic E-state index is 5.01. The number of hydrogen-bond acceptors (Lipinski definition) is 2. The van der Waals surface area contributed by atoms with Crippen LogP contribution in [0.1, 0.15) is 6.92 Å². The molecule has 0 N–H and O–H groups in total. The van der Waals surface area contributed by atoms with Crippen LogP contribution < -0.4 is 0 Å². The minimum atomic E-state index is 0.660. The highest BCUT2D eigenvalue weighted by Crippen LogP contribution is 2.01. The standard InChI is InChI=1S/C5H9NOS/c1-2-6-3-4-7-5(6)8/h2-4H2,1H3. The van der Waals surface area contributed by atoms with E-state index in [9.17, 15) is 0 Å². The number of hydrogen-bond donors (Lipinski definition) is 0. The van der Waals surface area contributed by atoms with Gasteiger partial charge in [0.15, 0.2) is 0 Å². The van der Waals surface area contributed by atoms with Gasteiger partial charge < -0.3 is 9.64 Å². The Morgan fingerprint density at radius 1 is 1.88 bits per heavy atom. The molecule has 2 nitrogen and oxygen atoms in total. The van der Waals surface area contributed by atoms with Gasteiger partial charge >= 0.3 is 0 Å². The van der Waals surface area contributed by atoms with Gasteiger partial charge in [-0.05, 0) is 19.1 Å². The third kappa shape index (κ3) is 0.916. The monoisotopic (exact) mass is 131 g/mol. The van der Waals surface area contributed by atoms with E-state index in [1.807, 2.05) is 4.90 Å². The third-order valence-corrected chi connectivity index (χ3v) is 1.60. The van der Waals surface area contributed by atoms with Crippen molar-refractivity contribution >= 4 is 17.4 Å². The van der Waals surface area contributed by atoms with Gasteiger partial charge in [0.2, 0.25) is 0 Å². The summed E-state index contributed by atoms with van der Waals surface area (Å²) in [5, 5.41) is 0.660. The van der Waals surface area contributed by atoms with E-state index in [4.69, 9.17) is 17.0 Å². The topological polar surface area (TPSA) is 12.5 Å². The summed E-state index contributed by atoms with van der Waals surface area (Å²) >= 11 is 4.84. The molecule has 1 heterocycles. The Morgan fingerprint density at radius 2 is 2.62 bits per heavy atom. The molecule has 46 valence electrons. The van der Waals surface area contributed by atoms with Crippen molar-refractivity contribution in [3.05, 3.63) is 0 Å². The lowest BCUT2D eigenvalue weighted by molar-refractivity contribution is 0.360. The van der Waals surface area contributed by atoms with E-state index in [2.05, 4.69) is 6.92 Å². The molecule has 0 aromatic rings. The highest BCUT2D eigenvalue weighted by molar-refractivity contribution is 7.80. The molecule has 1 aliphatic rings. The van der Waals surface area contributed by atoms with Crippen molar-refractivity contribution in [1.82, 2.24) is 4.90 Å². The minimum absolute atomic E-state index is 0.660. The molecule has 1 aliphatic heterocycles. The molecular weight excluding hydrogens is 122 g/mol. The number of thiocarbonyl (C=S) groups is 1. The Hall–Kier alpha value is -0.310. The molecule has 0 amide bonds. The molecule has 1 saturated heterocycles. The Balaban J connectivity index is 2.42. The maximum Gasteiger partial charge on any atom is 0.259 e. The predicted molar refractivity (Wildman–Crippen MR) is 35.8 cm³/mol. The lowest BCUT2D eigenvalue weighted by Gasteiger charge is -2.09. The van der Waals surface area contributed by atoms with E-state index in [0.717, 1.165) is 19.7 Å². The SMILES string of the molecule is CCN1CCOC1=S. The molecule has 0 aliphatic carbocycles. The summed E-state index contributed by atoms with van der Waals surface area (Å²) in [4.78, 5) is 2.04. The maximum atomic E-state index is 5.01. The van der Waals surface area contributed by atoms with Gasteiger partial charge in [0.05, 0.1) is 6.54 Å². The second-order valence-electron chi connectivity index (χ2n) is 1.69. The first-order chi connectivity index (χ1) is 3.84. The van der Waals surface area contributed by atoms with Gasteiger partial charge in [-0.3, -0.25) is 0 Å². The van der Waals surface area contributed by atoms with Crippen LogP contribution in [0.5, 0.6) is 0 Å². The van der Waals surface area contributed by atoms with Crippen LogP contribution in [-0.2, 0) is 4.74 Å². The highest BCUT2D eigenvalue weighted by Gasteiger charge is 2.14. The van der Waals surface area contributed by atoms with E-state index >= 15 is 0 Å². The fourth-order valence-corrected chi connectivity index (χ4v) is 1.02. The van der Waals surface area contributed by atoms with Crippen LogP contribution in [-0.4, -0.2) is 29.8 Å². The number of ether oxygens (including phenoxy) is 1. The van der Waals surface area contributed by atoms with Crippen molar-refractivity contribution in [1.29, 1.82) is 0 Å². The molecule has 0 unspecified atom stereocenters. The number of likely N-dealkylation sites (N-methyl/N-ethyl adjacent to an activating group) is 1. The lowest BCUT2D eigenvalue weighted by atomic mass is 10.6. The molecule has 1 fully saturated rings. The average Bonchev–Trinajstić information content (AvgIpc) is 2.14. The van der Waals surface area contributed by atoms with E-state index < -0.39 is 0 Å². The second kappa shape index (κ2) is 2.31. The first-order valence-corrected chi connectivity index (χ1v) is 3.17. The van der Waals surface area contributed by atoms with Gasteiger partial charge in [0, 0.05) is 6.54 Å². The van der Waals surface area contributed by atoms with Gasteiger partial charge in [-0.15, -0.1) is 0 Å². The van der Waals surface area contributed by atoms with Gasteiger partial charge in [-0.2, -0.15) is 0 Å². The molecule has 0 radical (unpaired) electrons. The average molecular weight is 131 g/mol. The first kappa shape index (κ1) is 5.82. The molecular formula is C5H9NOS. The molecule has 8 heavy (non-hydrogen) atoms. The quantitative estimate of drug-likeness (QED) is 0.484. The van der Waals surface area contributed by atoms with Crippen LogP contribution in [0.4, 0.5) is 0 Å². The van der Waals surface area contributed by atoms with Gasteiger partial charge in [-0.1, -0.05) is 0 Å². The van der Waals surface area contributed by atoms with E-state index in [0.29, 0.717) is 5.17 Å². The Labute approximate surface area is 54.4 Å². The van der Waals surface area contributed by atoms with Crippen molar-refractivity contribution in [2.45, 2.75) is 6.92 Å². The summed E-state index contributed by atoms with van der Waals surface area (Å²) < 4.78 is 5.01. The normalized spacial score (nSPS) is 19.1. The van der Waals surface area contributed by atoms with Crippen molar-refractivity contribution in [3.63, 3.8) is 0 Å². The van der Waals surface area contributed by atoms with Crippen molar-refractivity contribution < 1.29 is 4.74 Å². The molecule has 0 bridgehead atoms. The smallest absolute Gasteiger partial charge is 0.259 e. The third-order valence-electron chi connectivity index (χ3n) is 1.23. The summed E-state index contributed by atoms with van der Waals surface area (Å²) in [6.45, 7) is 4.78. The lowest BCUT2D eigenvalue weighted by Crippen LogP contribution is -2.22.